The summed E-state index contributed by atoms with van der Waals surface area (Å²) >= 11 is 6.76. The molecule has 0 aliphatic rings. The van der Waals surface area contributed by atoms with E-state index in [0.29, 0.717) is 9.90 Å². The lowest BCUT2D eigenvalue weighted by molar-refractivity contribution is -0.161. The number of benzene rings is 1. The van der Waals surface area contributed by atoms with Crippen LogP contribution in [-0.2, 0) is 20.9 Å². The maximum Gasteiger partial charge on any atom is 0.340 e. The molecule has 7 nitrogen and oxygen atoms in total. The molecular formula is C16H15ClN2O5S. The molecule has 2 aromatic rings. The fraction of sp³-hybridized carbons (Fsp3) is 0.188. The van der Waals surface area contributed by atoms with Crippen LogP contribution in [0.25, 0.3) is 0 Å². The smallest absolute Gasteiger partial charge is 0.340 e. The van der Waals surface area contributed by atoms with Gasteiger partial charge in [0, 0.05) is 0 Å². The number of carbonyl (C=O) groups is 3. The van der Waals surface area contributed by atoms with Gasteiger partial charge in [-0.3, -0.25) is 4.79 Å². The van der Waals surface area contributed by atoms with E-state index in [1.807, 2.05) is 0 Å². The van der Waals surface area contributed by atoms with Gasteiger partial charge in [0.15, 0.2) is 0 Å². The highest BCUT2D eigenvalue weighted by molar-refractivity contribution is 7.18. The number of nitrogens with one attached hydrogen (secondary N) is 1. The number of esters is 1. The SMILES string of the molecule is NC(CNC(=O)c1ccc(Cl)s1)(C(=O)O)C(=O)OCc1ccccc1. The third-order valence-electron chi connectivity index (χ3n) is 3.28. The normalized spacial score (nSPS) is 12.9. The highest BCUT2D eigenvalue weighted by Crippen LogP contribution is 2.21. The average molecular weight is 383 g/mol. The molecule has 0 spiro atoms. The van der Waals surface area contributed by atoms with Gasteiger partial charge in [-0.15, -0.1) is 11.3 Å². The van der Waals surface area contributed by atoms with E-state index in [1.165, 1.54) is 12.1 Å². The number of hydrogen-bond acceptors (Lipinski definition) is 6. The first kappa shape index (κ1) is 18.9. The van der Waals surface area contributed by atoms with Crippen LogP contribution in [0.3, 0.4) is 0 Å². The summed E-state index contributed by atoms with van der Waals surface area (Å²) in [5, 5.41) is 11.6. The Morgan fingerprint density at radius 3 is 2.44 bits per heavy atom. The number of ether oxygens (including phenoxy) is 1. The number of carboxylic acid groups (broad SMARTS) is 1. The molecule has 1 unspecified atom stereocenters. The maximum atomic E-state index is 12.1. The van der Waals surface area contributed by atoms with Gasteiger partial charge < -0.3 is 20.9 Å². The molecule has 1 aromatic carbocycles. The quantitative estimate of drug-likeness (QED) is 0.495. The Hall–Kier alpha value is -2.42. The summed E-state index contributed by atoms with van der Waals surface area (Å²) in [4.78, 5) is 35.8. The van der Waals surface area contributed by atoms with Gasteiger partial charge in [-0.1, -0.05) is 41.9 Å². The molecule has 0 aliphatic heterocycles. The van der Waals surface area contributed by atoms with Crippen LogP contribution in [0, 0.1) is 0 Å². The van der Waals surface area contributed by atoms with Crippen LogP contribution in [0.1, 0.15) is 15.2 Å². The Bertz CT molecular complexity index is 780. The van der Waals surface area contributed by atoms with Crippen LogP contribution >= 0.6 is 22.9 Å². The maximum absolute atomic E-state index is 12.1. The summed E-state index contributed by atoms with van der Waals surface area (Å²) in [7, 11) is 0. The van der Waals surface area contributed by atoms with Crippen LogP contribution in [-0.4, -0.2) is 35.0 Å². The number of thiophene rings is 1. The zero-order valence-electron chi connectivity index (χ0n) is 12.9. The van der Waals surface area contributed by atoms with Crippen molar-refractivity contribution in [1.82, 2.24) is 5.32 Å². The summed E-state index contributed by atoms with van der Waals surface area (Å²) in [6.45, 7) is -0.745. The predicted molar refractivity (Wildman–Crippen MR) is 92.5 cm³/mol. The van der Waals surface area contributed by atoms with E-state index >= 15 is 0 Å². The Morgan fingerprint density at radius 1 is 1.20 bits per heavy atom. The van der Waals surface area contributed by atoms with Crippen LogP contribution in [0.2, 0.25) is 4.34 Å². The van der Waals surface area contributed by atoms with Crippen molar-refractivity contribution in [3.63, 3.8) is 0 Å². The van der Waals surface area contributed by atoms with Crippen molar-refractivity contribution in [2.24, 2.45) is 5.73 Å². The van der Waals surface area contributed by atoms with Gasteiger partial charge >= 0.3 is 11.9 Å². The Labute approximate surface area is 152 Å². The largest absolute Gasteiger partial charge is 0.479 e. The summed E-state index contributed by atoms with van der Waals surface area (Å²) < 4.78 is 5.39. The first-order valence-corrected chi connectivity index (χ1v) is 8.29. The molecule has 132 valence electrons. The third kappa shape index (κ3) is 4.79. The zero-order valence-corrected chi connectivity index (χ0v) is 14.5. The monoisotopic (exact) mass is 382 g/mol. The number of carbonyl (C=O) groups excluding carboxylic acids is 2. The molecule has 0 radical (unpaired) electrons. The van der Waals surface area contributed by atoms with Crippen molar-refractivity contribution < 1.29 is 24.2 Å². The van der Waals surface area contributed by atoms with E-state index in [-0.39, 0.29) is 11.5 Å². The lowest BCUT2D eigenvalue weighted by Crippen LogP contribution is -2.62. The van der Waals surface area contributed by atoms with Crippen LogP contribution < -0.4 is 11.1 Å². The number of halogens is 1. The molecule has 25 heavy (non-hydrogen) atoms. The molecule has 2 rings (SSSR count). The second kappa shape index (κ2) is 8.11. The van der Waals surface area contributed by atoms with Gasteiger partial charge in [0.05, 0.1) is 15.8 Å². The number of amides is 1. The standard InChI is InChI=1S/C16H15ClN2O5S/c17-12-7-6-11(25-12)13(20)19-9-16(18,14(21)22)15(23)24-8-10-4-2-1-3-5-10/h1-7H,8-9,18H2,(H,19,20)(H,21,22). The molecule has 1 amide bonds. The molecule has 0 saturated heterocycles. The first-order chi connectivity index (χ1) is 11.8. The highest BCUT2D eigenvalue weighted by Gasteiger charge is 2.44. The molecule has 0 saturated carbocycles. The molecule has 9 heteroatoms. The fourth-order valence-corrected chi connectivity index (χ4v) is 2.79. The lowest BCUT2D eigenvalue weighted by atomic mass is 10.0. The van der Waals surface area contributed by atoms with E-state index < -0.39 is 29.9 Å². The minimum Gasteiger partial charge on any atom is -0.479 e. The summed E-state index contributed by atoms with van der Waals surface area (Å²) in [6.07, 6.45) is 0. The summed E-state index contributed by atoms with van der Waals surface area (Å²) in [6, 6.07) is 11.7. The van der Waals surface area contributed by atoms with Crippen molar-refractivity contribution in [1.29, 1.82) is 0 Å². The average Bonchev–Trinajstić information content (AvgIpc) is 3.04. The predicted octanol–water partition coefficient (Wildman–Crippen LogP) is 1.66. The van der Waals surface area contributed by atoms with Gasteiger partial charge in [-0.2, -0.15) is 0 Å². The van der Waals surface area contributed by atoms with E-state index in [1.54, 1.807) is 30.3 Å². The number of aliphatic carboxylic acids is 1. The zero-order chi connectivity index (χ0) is 18.4. The Balaban J connectivity index is 2.00. The minimum atomic E-state index is -2.40. The van der Waals surface area contributed by atoms with E-state index in [2.05, 4.69) is 5.32 Å². The van der Waals surface area contributed by atoms with Crippen molar-refractivity contribution in [2.75, 3.05) is 6.54 Å². The Morgan fingerprint density at radius 2 is 1.88 bits per heavy atom. The molecule has 4 N–H and O–H groups in total. The minimum absolute atomic E-state index is 0.125. The van der Waals surface area contributed by atoms with E-state index in [0.717, 1.165) is 11.3 Å². The third-order valence-corrected chi connectivity index (χ3v) is 4.51. The molecule has 1 aromatic heterocycles. The molecular weight excluding hydrogens is 368 g/mol. The van der Waals surface area contributed by atoms with Crippen LogP contribution in [0.5, 0.6) is 0 Å². The first-order valence-electron chi connectivity index (χ1n) is 7.10. The van der Waals surface area contributed by atoms with E-state index in [4.69, 9.17) is 22.1 Å². The van der Waals surface area contributed by atoms with Crippen molar-refractivity contribution >= 4 is 40.8 Å². The van der Waals surface area contributed by atoms with Crippen LogP contribution in [0.4, 0.5) is 0 Å². The van der Waals surface area contributed by atoms with Crippen molar-refractivity contribution in [3.05, 3.63) is 57.2 Å². The van der Waals surface area contributed by atoms with Gasteiger partial charge in [0.1, 0.15) is 6.61 Å². The molecule has 0 fully saturated rings. The number of carboxylic acids is 1. The number of rotatable bonds is 7. The lowest BCUT2D eigenvalue weighted by Gasteiger charge is -2.22. The Kier molecular flexibility index (Phi) is 6.13. The van der Waals surface area contributed by atoms with E-state index in [9.17, 15) is 19.5 Å². The van der Waals surface area contributed by atoms with Gasteiger partial charge in [-0.25, -0.2) is 9.59 Å². The van der Waals surface area contributed by atoms with Gasteiger partial charge in [-0.05, 0) is 17.7 Å². The number of nitrogens with two attached hydrogens (primary N) is 1. The van der Waals surface area contributed by atoms with Gasteiger partial charge in [0.25, 0.3) is 5.91 Å². The molecule has 1 heterocycles. The van der Waals surface area contributed by atoms with Crippen molar-refractivity contribution in [3.8, 4) is 0 Å². The molecule has 1 atom stereocenters. The molecule has 0 bridgehead atoms. The highest BCUT2D eigenvalue weighted by atomic mass is 35.5. The number of hydrogen-bond donors (Lipinski definition) is 3. The second-order valence-electron chi connectivity index (χ2n) is 5.12. The topological polar surface area (TPSA) is 119 Å². The fourth-order valence-electron chi connectivity index (χ4n) is 1.83. The van der Waals surface area contributed by atoms with Crippen LogP contribution in [0.15, 0.2) is 42.5 Å². The molecule has 0 aliphatic carbocycles. The van der Waals surface area contributed by atoms with Crippen molar-refractivity contribution in [2.45, 2.75) is 12.1 Å². The van der Waals surface area contributed by atoms with Gasteiger partial charge in [0.2, 0.25) is 5.54 Å². The second-order valence-corrected chi connectivity index (χ2v) is 6.84. The summed E-state index contributed by atoms with van der Waals surface area (Å²) in [5.74, 6) is -3.33. The summed E-state index contributed by atoms with van der Waals surface area (Å²) in [5.41, 5.74) is 3.95.